The Bertz CT molecular complexity index is 574. The Balaban J connectivity index is 2.26. The molecule has 0 fully saturated rings. The van der Waals surface area contributed by atoms with Gasteiger partial charge in [0.05, 0.1) is 11.7 Å². The van der Waals surface area contributed by atoms with Crippen LogP contribution in [-0.2, 0) is 6.42 Å². The minimum Gasteiger partial charge on any atom is -0.271 e. The maximum Gasteiger partial charge on any atom is 0.126 e. The zero-order chi connectivity index (χ0) is 13.8. The molecule has 0 saturated carbocycles. The number of hydrazine groups is 1. The van der Waals surface area contributed by atoms with Crippen molar-refractivity contribution in [3.05, 3.63) is 63.6 Å². The predicted molar refractivity (Wildman–Crippen MR) is 76.8 cm³/mol. The molecule has 1 aromatic carbocycles. The van der Waals surface area contributed by atoms with Gasteiger partial charge in [-0.05, 0) is 49.2 Å². The number of hydrogen-bond donors (Lipinski definition) is 2. The maximum absolute atomic E-state index is 13.8. The van der Waals surface area contributed by atoms with E-state index >= 15 is 0 Å². The molecular formula is C14H15BrFN3. The zero-order valence-corrected chi connectivity index (χ0v) is 12.1. The first-order valence-electron chi connectivity index (χ1n) is 5.94. The van der Waals surface area contributed by atoms with Crippen LogP contribution in [0.2, 0.25) is 0 Å². The molecule has 0 amide bonds. The lowest BCUT2D eigenvalue weighted by Crippen LogP contribution is -2.30. The van der Waals surface area contributed by atoms with Gasteiger partial charge in [-0.3, -0.25) is 16.3 Å². The number of aromatic nitrogens is 1. The van der Waals surface area contributed by atoms with Crippen molar-refractivity contribution in [2.75, 3.05) is 0 Å². The number of hydrogen-bond acceptors (Lipinski definition) is 3. The largest absolute Gasteiger partial charge is 0.271 e. The quantitative estimate of drug-likeness (QED) is 0.671. The summed E-state index contributed by atoms with van der Waals surface area (Å²) in [6.07, 6.45) is 0.443. The molecule has 0 aliphatic heterocycles. The van der Waals surface area contributed by atoms with Crippen LogP contribution in [0.3, 0.4) is 0 Å². The first-order chi connectivity index (χ1) is 9.10. The molecule has 3 N–H and O–H groups in total. The fourth-order valence-electron chi connectivity index (χ4n) is 1.93. The van der Waals surface area contributed by atoms with E-state index in [9.17, 15) is 4.39 Å². The van der Waals surface area contributed by atoms with Gasteiger partial charge in [0.15, 0.2) is 0 Å². The van der Waals surface area contributed by atoms with Gasteiger partial charge < -0.3 is 0 Å². The van der Waals surface area contributed by atoms with E-state index in [0.717, 1.165) is 15.9 Å². The molecule has 2 aromatic rings. The number of nitrogens with one attached hydrogen (secondary N) is 1. The highest BCUT2D eigenvalue weighted by Gasteiger charge is 2.14. The third-order valence-electron chi connectivity index (χ3n) is 2.90. The van der Waals surface area contributed by atoms with Gasteiger partial charge in [0.25, 0.3) is 0 Å². The van der Waals surface area contributed by atoms with Crippen LogP contribution in [0.1, 0.15) is 23.0 Å². The summed E-state index contributed by atoms with van der Waals surface area (Å²) in [5, 5.41) is 0. The second-order valence-electron chi connectivity index (χ2n) is 4.36. The Morgan fingerprint density at radius 2 is 2.16 bits per heavy atom. The molecular weight excluding hydrogens is 309 g/mol. The molecule has 2 rings (SSSR count). The van der Waals surface area contributed by atoms with Gasteiger partial charge in [0.1, 0.15) is 5.82 Å². The number of halogens is 2. The monoisotopic (exact) mass is 323 g/mol. The molecule has 0 bridgehead atoms. The smallest absolute Gasteiger partial charge is 0.126 e. The van der Waals surface area contributed by atoms with Crippen LogP contribution in [0.25, 0.3) is 0 Å². The predicted octanol–water partition coefficient (Wildman–Crippen LogP) is 3.04. The molecule has 1 aromatic heterocycles. The van der Waals surface area contributed by atoms with Gasteiger partial charge in [0, 0.05) is 10.2 Å². The maximum atomic E-state index is 13.8. The summed E-state index contributed by atoms with van der Waals surface area (Å²) in [7, 11) is 0. The Labute approximate surface area is 120 Å². The summed E-state index contributed by atoms with van der Waals surface area (Å²) in [5.41, 5.74) is 5.01. The zero-order valence-electron chi connectivity index (χ0n) is 10.5. The van der Waals surface area contributed by atoms with Gasteiger partial charge in [-0.2, -0.15) is 0 Å². The molecule has 3 nitrogen and oxygen atoms in total. The molecule has 0 radical (unpaired) electrons. The number of benzene rings is 1. The van der Waals surface area contributed by atoms with Crippen molar-refractivity contribution < 1.29 is 4.39 Å². The molecule has 19 heavy (non-hydrogen) atoms. The van der Waals surface area contributed by atoms with Crippen molar-refractivity contribution >= 4 is 15.9 Å². The Morgan fingerprint density at radius 3 is 2.84 bits per heavy atom. The molecule has 0 saturated heterocycles. The van der Waals surface area contributed by atoms with Crippen molar-refractivity contribution in [3.8, 4) is 0 Å². The lowest BCUT2D eigenvalue weighted by molar-refractivity contribution is 0.518. The molecule has 1 atom stereocenters. The normalized spacial score (nSPS) is 12.4. The fourth-order valence-corrected chi connectivity index (χ4v) is 2.34. The summed E-state index contributed by atoms with van der Waals surface area (Å²) >= 11 is 3.34. The minimum absolute atomic E-state index is 0.219. The van der Waals surface area contributed by atoms with Crippen molar-refractivity contribution in [2.45, 2.75) is 19.4 Å². The van der Waals surface area contributed by atoms with E-state index in [0.29, 0.717) is 12.0 Å². The lowest BCUT2D eigenvalue weighted by Gasteiger charge is -2.16. The van der Waals surface area contributed by atoms with Gasteiger partial charge in [-0.1, -0.05) is 22.0 Å². The number of aryl methyl sites for hydroxylation is 1. The van der Waals surface area contributed by atoms with Gasteiger partial charge in [-0.25, -0.2) is 4.39 Å². The Kier molecular flexibility index (Phi) is 4.63. The van der Waals surface area contributed by atoms with Crippen molar-refractivity contribution in [1.82, 2.24) is 10.4 Å². The van der Waals surface area contributed by atoms with Crippen LogP contribution in [0.4, 0.5) is 4.39 Å². The van der Waals surface area contributed by atoms with Gasteiger partial charge in [-0.15, -0.1) is 0 Å². The summed E-state index contributed by atoms with van der Waals surface area (Å²) in [4.78, 5) is 4.42. The van der Waals surface area contributed by atoms with E-state index in [-0.39, 0.29) is 11.9 Å². The minimum atomic E-state index is -0.240. The highest BCUT2D eigenvalue weighted by atomic mass is 79.9. The third kappa shape index (κ3) is 3.59. The van der Waals surface area contributed by atoms with Crippen molar-refractivity contribution in [1.29, 1.82) is 0 Å². The van der Waals surface area contributed by atoms with E-state index < -0.39 is 0 Å². The molecule has 5 heteroatoms. The first-order valence-corrected chi connectivity index (χ1v) is 6.73. The molecule has 0 aliphatic rings. The number of nitrogens with two attached hydrogens (primary N) is 1. The summed E-state index contributed by atoms with van der Waals surface area (Å²) in [5.74, 6) is 5.33. The summed E-state index contributed by atoms with van der Waals surface area (Å²) < 4.78 is 14.6. The lowest BCUT2D eigenvalue weighted by atomic mass is 10.0. The van der Waals surface area contributed by atoms with Crippen LogP contribution < -0.4 is 11.3 Å². The van der Waals surface area contributed by atoms with Gasteiger partial charge >= 0.3 is 0 Å². The van der Waals surface area contributed by atoms with E-state index in [2.05, 4.69) is 26.3 Å². The van der Waals surface area contributed by atoms with Crippen LogP contribution in [0.15, 0.2) is 40.9 Å². The summed E-state index contributed by atoms with van der Waals surface area (Å²) in [6.45, 7) is 1.91. The van der Waals surface area contributed by atoms with E-state index in [1.165, 1.54) is 6.07 Å². The first kappa shape index (κ1) is 14.1. The van der Waals surface area contributed by atoms with Crippen LogP contribution in [0.5, 0.6) is 0 Å². The molecule has 1 heterocycles. The second kappa shape index (κ2) is 6.23. The highest BCUT2D eigenvalue weighted by molar-refractivity contribution is 9.10. The molecule has 100 valence electrons. The third-order valence-corrected chi connectivity index (χ3v) is 3.39. The number of pyridine rings is 1. The average molecular weight is 324 g/mol. The second-order valence-corrected chi connectivity index (χ2v) is 5.28. The van der Waals surface area contributed by atoms with Crippen LogP contribution in [-0.4, -0.2) is 4.98 Å². The molecule has 1 unspecified atom stereocenters. The Hall–Kier alpha value is -1.30. The van der Waals surface area contributed by atoms with Crippen LogP contribution in [0, 0.1) is 12.7 Å². The highest BCUT2D eigenvalue weighted by Crippen LogP contribution is 2.21. The molecule has 0 aliphatic carbocycles. The SMILES string of the molecule is Cc1cccc(C(Cc2cc(Br)ccc2F)NN)n1. The van der Waals surface area contributed by atoms with Gasteiger partial charge in [0.2, 0.25) is 0 Å². The van der Waals surface area contributed by atoms with Crippen molar-refractivity contribution in [2.24, 2.45) is 5.84 Å². The summed E-state index contributed by atoms with van der Waals surface area (Å²) in [6, 6.07) is 10.4. The number of rotatable bonds is 4. The number of nitrogens with zero attached hydrogens (tertiary/aromatic N) is 1. The van der Waals surface area contributed by atoms with Crippen molar-refractivity contribution in [3.63, 3.8) is 0 Å². The average Bonchev–Trinajstić information content (AvgIpc) is 2.39. The van der Waals surface area contributed by atoms with Crippen LogP contribution >= 0.6 is 15.9 Å². The van der Waals surface area contributed by atoms with E-state index in [4.69, 9.17) is 5.84 Å². The fraction of sp³-hybridized carbons (Fsp3) is 0.214. The topological polar surface area (TPSA) is 50.9 Å². The standard InChI is InChI=1S/C14H15BrFN3/c1-9-3-2-4-13(18-9)14(19-17)8-10-7-11(15)5-6-12(10)16/h2-7,14,19H,8,17H2,1H3. The van der Waals surface area contributed by atoms with E-state index in [1.54, 1.807) is 12.1 Å². The van der Waals surface area contributed by atoms with E-state index in [1.807, 2.05) is 25.1 Å². The Morgan fingerprint density at radius 1 is 1.37 bits per heavy atom. The molecule has 0 spiro atoms.